The number of piperidine rings is 1. The molecule has 3 aliphatic heterocycles. The zero-order valence-electron chi connectivity index (χ0n) is 19.9. The number of Topliss-reactive ketones (excluding diaryl/α,β-unsaturated/α-hetero) is 1. The van der Waals surface area contributed by atoms with Crippen LogP contribution < -0.4 is 5.32 Å². The minimum Gasteiger partial charge on any atom is -0.392 e. The summed E-state index contributed by atoms with van der Waals surface area (Å²) in [5.74, 6) is 0.325. The molecule has 0 spiro atoms. The molecule has 3 saturated heterocycles. The SMILES string of the molecule is CC12CCC(CC1)C(C)(C)O2.C[C@@H]1C[C@@H]([C@H](O)CC2CC(=O)NC(=O)C2)C(=O)[C@@H](C)C1. The lowest BCUT2D eigenvalue weighted by molar-refractivity contribution is -0.229. The van der Waals surface area contributed by atoms with Gasteiger partial charge in [-0.25, -0.2) is 0 Å². The monoisotopic (exact) mass is 435 g/mol. The number of imide groups is 1. The summed E-state index contributed by atoms with van der Waals surface area (Å²) < 4.78 is 6.06. The Morgan fingerprint density at radius 2 is 1.61 bits per heavy atom. The molecule has 0 unspecified atom stereocenters. The lowest BCUT2D eigenvalue weighted by Crippen LogP contribution is -2.53. The quantitative estimate of drug-likeness (QED) is 0.658. The zero-order valence-corrected chi connectivity index (χ0v) is 19.9. The van der Waals surface area contributed by atoms with Gasteiger partial charge in [-0.05, 0) is 83.5 Å². The van der Waals surface area contributed by atoms with Gasteiger partial charge in [-0.2, -0.15) is 0 Å². The second-order valence-electron chi connectivity index (χ2n) is 11.5. The van der Waals surface area contributed by atoms with Crippen molar-refractivity contribution in [3.8, 4) is 0 Å². The molecule has 2 saturated carbocycles. The topological polar surface area (TPSA) is 92.7 Å². The molecule has 5 rings (SSSR count). The number of rotatable bonds is 3. The highest BCUT2D eigenvalue weighted by Gasteiger charge is 2.48. The summed E-state index contributed by atoms with van der Waals surface area (Å²) in [5, 5.41) is 12.6. The highest BCUT2D eigenvalue weighted by molar-refractivity contribution is 5.97. The van der Waals surface area contributed by atoms with Crippen molar-refractivity contribution in [2.24, 2.45) is 29.6 Å². The van der Waals surface area contributed by atoms with Gasteiger partial charge in [0.2, 0.25) is 11.8 Å². The van der Waals surface area contributed by atoms with Crippen molar-refractivity contribution < 1.29 is 24.2 Å². The highest BCUT2D eigenvalue weighted by Crippen LogP contribution is 2.49. The van der Waals surface area contributed by atoms with E-state index >= 15 is 0 Å². The number of ether oxygens (including phenoxy) is 1. The first-order valence-corrected chi connectivity index (χ1v) is 12.1. The Morgan fingerprint density at radius 1 is 1.03 bits per heavy atom. The van der Waals surface area contributed by atoms with Crippen LogP contribution in [-0.2, 0) is 19.1 Å². The molecular weight excluding hydrogens is 394 g/mol. The van der Waals surface area contributed by atoms with Gasteiger partial charge in [0, 0.05) is 24.7 Å². The molecule has 0 radical (unpaired) electrons. The fourth-order valence-corrected chi connectivity index (χ4v) is 6.35. The number of ketones is 1. The number of hydrogen-bond donors (Lipinski definition) is 2. The van der Waals surface area contributed by atoms with E-state index in [2.05, 4.69) is 33.0 Å². The van der Waals surface area contributed by atoms with Crippen molar-refractivity contribution in [3.05, 3.63) is 0 Å². The number of carbonyl (C=O) groups is 3. The molecule has 0 aromatic heterocycles. The van der Waals surface area contributed by atoms with Crippen molar-refractivity contribution in [3.63, 3.8) is 0 Å². The van der Waals surface area contributed by atoms with Crippen LogP contribution in [0.25, 0.3) is 0 Å². The van der Waals surface area contributed by atoms with Gasteiger partial charge in [0.25, 0.3) is 0 Å². The number of aliphatic hydroxyl groups is 1. The van der Waals surface area contributed by atoms with Gasteiger partial charge in [0.15, 0.2) is 0 Å². The van der Waals surface area contributed by atoms with E-state index in [0.29, 0.717) is 18.8 Å². The first-order valence-electron chi connectivity index (χ1n) is 12.1. The van der Waals surface area contributed by atoms with Gasteiger partial charge in [-0.1, -0.05) is 13.8 Å². The molecule has 2 amide bonds. The Morgan fingerprint density at radius 3 is 2.10 bits per heavy atom. The van der Waals surface area contributed by atoms with Crippen molar-refractivity contribution >= 4 is 17.6 Å². The van der Waals surface area contributed by atoms with E-state index in [1.807, 2.05) is 6.92 Å². The molecule has 176 valence electrons. The summed E-state index contributed by atoms with van der Waals surface area (Å²) in [4.78, 5) is 34.8. The smallest absolute Gasteiger partial charge is 0.226 e. The van der Waals surface area contributed by atoms with E-state index in [1.165, 1.54) is 25.7 Å². The van der Waals surface area contributed by atoms with Gasteiger partial charge >= 0.3 is 0 Å². The zero-order chi connectivity index (χ0) is 23.0. The number of amides is 2. The summed E-state index contributed by atoms with van der Waals surface area (Å²) in [6.45, 7) is 10.8. The number of hydrogen-bond acceptors (Lipinski definition) is 5. The second kappa shape index (κ2) is 9.30. The van der Waals surface area contributed by atoms with E-state index in [4.69, 9.17) is 4.74 Å². The lowest BCUT2D eigenvalue weighted by atomic mass is 9.69. The predicted octanol–water partition coefficient (Wildman–Crippen LogP) is 3.79. The number of carbonyl (C=O) groups excluding carboxylic acids is 3. The average Bonchev–Trinajstić information content (AvgIpc) is 2.63. The maximum Gasteiger partial charge on any atom is 0.226 e. The summed E-state index contributed by atoms with van der Waals surface area (Å²) in [6, 6.07) is 0. The van der Waals surface area contributed by atoms with Crippen molar-refractivity contribution in [1.29, 1.82) is 0 Å². The predicted molar refractivity (Wildman–Crippen MR) is 118 cm³/mol. The summed E-state index contributed by atoms with van der Waals surface area (Å²) in [6.07, 6.45) is 7.04. The van der Waals surface area contributed by atoms with Crippen molar-refractivity contribution in [2.75, 3.05) is 0 Å². The summed E-state index contributed by atoms with van der Waals surface area (Å²) >= 11 is 0. The molecule has 31 heavy (non-hydrogen) atoms. The first kappa shape index (κ1) is 24.4. The molecule has 3 heterocycles. The highest BCUT2D eigenvalue weighted by atomic mass is 16.5. The Bertz CT molecular complexity index is 675. The van der Waals surface area contributed by atoms with Crippen LogP contribution >= 0.6 is 0 Å². The second-order valence-corrected chi connectivity index (χ2v) is 11.5. The Hall–Kier alpha value is -1.27. The van der Waals surface area contributed by atoms with Crippen LogP contribution in [0.3, 0.4) is 0 Å². The first-order chi connectivity index (χ1) is 14.4. The molecule has 0 aromatic carbocycles. The molecule has 5 fully saturated rings. The van der Waals surface area contributed by atoms with Crippen LogP contribution in [0.15, 0.2) is 0 Å². The lowest BCUT2D eigenvalue weighted by Gasteiger charge is -2.54. The number of nitrogens with one attached hydrogen (secondary N) is 1. The van der Waals surface area contributed by atoms with Crippen LogP contribution in [-0.4, -0.2) is 40.0 Å². The van der Waals surface area contributed by atoms with Crippen molar-refractivity contribution in [2.45, 2.75) is 110 Å². The summed E-state index contributed by atoms with van der Waals surface area (Å²) in [5.41, 5.74) is 0.378. The van der Waals surface area contributed by atoms with Crippen LogP contribution in [0.2, 0.25) is 0 Å². The van der Waals surface area contributed by atoms with Crippen molar-refractivity contribution in [1.82, 2.24) is 5.32 Å². The minimum absolute atomic E-state index is 0.00492. The molecule has 2 N–H and O–H groups in total. The molecule has 0 aromatic rings. The fourth-order valence-electron chi connectivity index (χ4n) is 6.35. The number of fused-ring (bicyclic) bond motifs is 3. The molecule has 4 atom stereocenters. The van der Waals surface area contributed by atoms with E-state index in [9.17, 15) is 19.5 Å². The third-order valence-corrected chi connectivity index (χ3v) is 8.07. The third kappa shape index (κ3) is 5.95. The van der Waals surface area contributed by atoms with E-state index < -0.39 is 6.10 Å². The summed E-state index contributed by atoms with van der Waals surface area (Å²) in [7, 11) is 0. The Kier molecular flexibility index (Phi) is 7.31. The molecular formula is C25H41NO5. The largest absolute Gasteiger partial charge is 0.392 e. The van der Waals surface area contributed by atoms with Gasteiger partial charge < -0.3 is 9.84 Å². The van der Waals surface area contributed by atoms with Gasteiger partial charge in [0.1, 0.15) is 5.78 Å². The van der Waals surface area contributed by atoms with Gasteiger partial charge in [-0.3, -0.25) is 19.7 Å². The van der Waals surface area contributed by atoms with Crippen LogP contribution in [0.1, 0.15) is 92.4 Å². The minimum atomic E-state index is -0.739. The average molecular weight is 436 g/mol. The molecule has 2 bridgehead atoms. The van der Waals surface area contributed by atoms with E-state index in [1.54, 1.807) is 0 Å². The Balaban J connectivity index is 0.000000207. The van der Waals surface area contributed by atoms with Crippen LogP contribution in [0.4, 0.5) is 0 Å². The van der Waals surface area contributed by atoms with Gasteiger partial charge in [0.05, 0.1) is 17.3 Å². The molecule has 6 nitrogen and oxygen atoms in total. The standard InChI is InChI=1S/C15H23NO4.C10H18O/c1-8-3-9(2)15(20)11(4-8)12(17)5-10-6-13(18)16-14(19)7-10;1-9(2)8-4-6-10(3,11-9)7-5-8/h8-12,17H,3-7H2,1-2H3,(H,16,18,19);8H,4-7H2,1-3H3/t8-,9-,11-,12+;/m0./s1. The fraction of sp³-hybridized carbons (Fsp3) is 0.880. The molecule has 2 aliphatic carbocycles. The van der Waals surface area contributed by atoms with Crippen LogP contribution in [0, 0.1) is 29.6 Å². The number of aliphatic hydroxyl groups excluding tert-OH is 1. The van der Waals surface area contributed by atoms with Gasteiger partial charge in [-0.15, -0.1) is 0 Å². The van der Waals surface area contributed by atoms with E-state index in [0.717, 1.165) is 12.3 Å². The van der Waals surface area contributed by atoms with E-state index in [-0.39, 0.29) is 59.4 Å². The molecule has 6 heteroatoms. The normalized spacial score (nSPS) is 38.8. The maximum absolute atomic E-state index is 12.2. The Labute approximate surface area is 186 Å². The third-order valence-electron chi connectivity index (χ3n) is 8.07. The molecule has 5 aliphatic rings. The maximum atomic E-state index is 12.2. The van der Waals surface area contributed by atoms with Crippen LogP contribution in [0.5, 0.6) is 0 Å².